The molecule has 0 radical (unpaired) electrons. The number of nitrogens with zero attached hydrogens (tertiary/aromatic N) is 2. The number of sulfone groups is 1. The van der Waals surface area contributed by atoms with Gasteiger partial charge in [-0.05, 0) is 38.1 Å². The third-order valence-electron chi connectivity index (χ3n) is 3.68. The van der Waals surface area contributed by atoms with Crippen molar-refractivity contribution in [3.63, 3.8) is 0 Å². The number of hydrogen-bond acceptors (Lipinski definition) is 5. The molecule has 0 aliphatic rings. The molecular formula is C17H14F2N2O3S. The zero-order valence-electron chi connectivity index (χ0n) is 13.7. The zero-order chi connectivity index (χ0) is 18.4. The molecule has 0 bridgehead atoms. The maximum Gasteiger partial charge on any atom is 0.178 e. The Hall–Kier alpha value is -2.61. The molecule has 0 aliphatic heterocycles. The van der Waals surface area contributed by atoms with Gasteiger partial charge in [0.25, 0.3) is 0 Å². The predicted molar refractivity (Wildman–Crippen MR) is 87.7 cm³/mol. The summed E-state index contributed by atoms with van der Waals surface area (Å²) >= 11 is 0. The number of halogens is 2. The Labute approximate surface area is 143 Å². The van der Waals surface area contributed by atoms with Gasteiger partial charge >= 0.3 is 0 Å². The van der Waals surface area contributed by atoms with Crippen LogP contribution in [0.2, 0.25) is 0 Å². The smallest absolute Gasteiger partial charge is 0.178 e. The summed E-state index contributed by atoms with van der Waals surface area (Å²) in [5.41, 5.74) is 1.52. The highest BCUT2D eigenvalue weighted by Crippen LogP contribution is 2.36. The van der Waals surface area contributed by atoms with E-state index in [-0.39, 0.29) is 22.6 Å². The van der Waals surface area contributed by atoms with Crippen LogP contribution in [0.3, 0.4) is 0 Å². The fourth-order valence-corrected chi connectivity index (χ4v) is 3.27. The number of aryl methyl sites for hydroxylation is 2. The van der Waals surface area contributed by atoms with E-state index in [2.05, 4.69) is 10.1 Å². The Bertz CT molecular complexity index is 1080. The fraction of sp³-hybridized carbons (Fsp3) is 0.176. The maximum absolute atomic E-state index is 14.6. The van der Waals surface area contributed by atoms with Crippen LogP contribution in [0.4, 0.5) is 8.78 Å². The van der Waals surface area contributed by atoms with Gasteiger partial charge in [0.1, 0.15) is 28.0 Å². The Morgan fingerprint density at radius 2 is 1.80 bits per heavy atom. The number of aromatic nitrogens is 2. The van der Waals surface area contributed by atoms with E-state index in [0.29, 0.717) is 11.8 Å². The van der Waals surface area contributed by atoms with Gasteiger partial charge in [0.05, 0.1) is 11.3 Å². The van der Waals surface area contributed by atoms with Crippen LogP contribution in [-0.2, 0) is 9.84 Å². The van der Waals surface area contributed by atoms with Gasteiger partial charge in [-0.3, -0.25) is 4.98 Å². The van der Waals surface area contributed by atoms with Gasteiger partial charge in [-0.15, -0.1) is 0 Å². The first-order valence-electron chi connectivity index (χ1n) is 7.28. The van der Waals surface area contributed by atoms with E-state index in [9.17, 15) is 17.2 Å². The lowest BCUT2D eigenvalue weighted by Crippen LogP contribution is -2.03. The van der Waals surface area contributed by atoms with Crippen LogP contribution in [0.5, 0.6) is 0 Å². The summed E-state index contributed by atoms with van der Waals surface area (Å²) in [6, 6.07) is 6.73. The van der Waals surface area contributed by atoms with Gasteiger partial charge in [-0.1, -0.05) is 11.2 Å². The standard InChI is InChI=1S/C17H14F2N2O3S/c1-9-5-4-6-14(20-9)17-16(10(2)24-21-17)11-7-13(19)15(8-12(11)18)25(3,22)23/h4-8H,1-3H3. The third-order valence-corrected chi connectivity index (χ3v) is 4.80. The molecular weight excluding hydrogens is 350 g/mol. The van der Waals surface area contributed by atoms with Crippen LogP contribution in [0.25, 0.3) is 22.5 Å². The molecule has 8 heteroatoms. The molecule has 0 N–H and O–H groups in total. The molecule has 0 atom stereocenters. The number of rotatable bonds is 3. The number of benzene rings is 1. The largest absolute Gasteiger partial charge is 0.360 e. The summed E-state index contributed by atoms with van der Waals surface area (Å²) in [5, 5.41) is 3.90. The molecule has 1 aromatic carbocycles. The van der Waals surface area contributed by atoms with Crippen molar-refractivity contribution in [2.75, 3.05) is 6.26 Å². The Kier molecular flexibility index (Phi) is 4.16. The van der Waals surface area contributed by atoms with E-state index < -0.39 is 26.4 Å². The average molecular weight is 364 g/mol. The van der Waals surface area contributed by atoms with Gasteiger partial charge in [0.2, 0.25) is 0 Å². The minimum absolute atomic E-state index is 0.137. The van der Waals surface area contributed by atoms with Crippen molar-refractivity contribution in [3.05, 3.63) is 53.4 Å². The Morgan fingerprint density at radius 3 is 2.44 bits per heavy atom. The first-order valence-corrected chi connectivity index (χ1v) is 9.17. The first-order chi connectivity index (χ1) is 11.7. The maximum atomic E-state index is 14.6. The van der Waals surface area contributed by atoms with Gasteiger partial charge in [0.15, 0.2) is 9.84 Å². The molecule has 0 saturated heterocycles. The second-order valence-electron chi connectivity index (χ2n) is 5.66. The van der Waals surface area contributed by atoms with E-state index >= 15 is 0 Å². The van der Waals surface area contributed by atoms with Crippen molar-refractivity contribution in [1.82, 2.24) is 10.1 Å². The van der Waals surface area contributed by atoms with Crippen LogP contribution in [-0.4, -0.2) is 24.8 Å². The summed E-state index contributed by atoms with van der Waals surface area (Å²) in [6.07, 6.45) is 0.817. The summed E-state index contributed by atoms with van der Waals surface area (Å²) < 4.78 is 57.0. The highest BCUT2D eigenvalue weighted by Gasteiger charge is 2.24. The molecule has 3 aromatic rings. The van der Waals surface area contributed by atoms with Crippen molar-refractivity contribution in [2.24, 2.45) is 0 Å². The molecule has 2 heterocycles. The van der Waals surface area contributed by atoms with Gasteiger partial charge < -0.3 is 4.52 Å². The van der Waals surface area contributed by atoms with E-state index in [1.54, 1.807) is 32.0 Å². The molecule has 0 spiro atoms. The lowest BCUT2D eigenvalue weighted by atomic mass is 10.0. The minimum atomic E-state index is -3.89. The molecule has 5 nitrogen and oxygen atoms in total. The molecule has 0 unspecified atom stereocenters. The second kappa shape index (κ2) is 6.03. The van der Waals surface area contributed by atoms with Crippen LogP contribution < -0.4 is 0 Å². The van der Waals surface area contributed by atoms with E-state index in [1.165, 1.54) is 0 Å². The zero-order valence-corrected chi connectivity index (χ0v) is 14.5. The van der Waals surface area contributed by atoms with Crippen LogP contribution in [0.1, 0.15) is 11.5 Å². The Balaban J connectivity index is 2.25. The summed E-state index contributed by atoms with van der Waals surface area (Å²) in [7, 11) is -3.89. The Morgan fingerprint density at radius 1 is 1.08 bits per heavy atom. The lowest BCUT2D eigenvalue weighted by Gasteiger charge is -2.08. The van der Waals surface area contributed by atoms with Crippen molar-refractivity contribution < 1.29 is 21.7 Å². The minimum Gasteiger partial charge on any atom is -0.360 e. The first kappa shape index (κ1) is 17.2. The molecule has 0 fully saturated rings. The average Bonchev–Trinajstić information content (AvgIpc) is 2.90. The van der Waals surface area contributed by atoms with E-state index in [1.807, 2.05) is 0 Å². The van der Waals surface area contributed by atoms with E-state index in [0.717, 1.165) is 18.0 Å². The van der Waals surface area contributed by atoms with Crippen molar-refractivity contribution in [2.45, 2.75) is 18.7 Å². The summed E-state index contributed by atoms with van der Waals surface area (Å²) in [6.45, 7) is 3.35. The van der Waals surface area contributed by atoms with Crippen molar-refractivity contribution >= 4 is 9.84 Å². The summed E-state index contributed by atoms with van der Waals surface area (Å²) in [5.74, 6) is -1.66. The van der Waals surface area contributed by atoms with Gasteiger partial charge in [-0.25, -0.2) is 17.2 Å². The number of pyridine rings is 1. The predicted octanol–water partition coefficient (Wildman–Crippen LogP) is 3.70. The monoisotopic (exact) mass is 364 g/mol. The van der Waals surface area contributed by atoms with Crippen LogP contribution in [0, 0.1) is 25.5 Å². The third kappa shape index (κ3) is 3.17. The summed E-state index contributed by atoms with van der Waals surface area (Å²) in [4.78, 5) is 3.62. The molecule has 130 valence electrons. The van der Waals surface area contributed by atoms with E-state index in [4.69, 9.17) is 4.52 Å². The molecule has 0 aliphatic carbocycles. The normalized spacial score (nSPS) is 11.7. The molecule has 0 amide bonds. The molecule has 3 rings (SSSR count). The highest BCUT2D eigenvalue weighted by atomic mass is 32.2. The van der Waals surface area contributed by atoms with Crippen molar-refractivity contribution in [1.29, 1.82) is 0 Å². The fourth-order valence-electron chi connectivity index (χ4n) is 2.54. The molecule has 0 saturated carbocycles. The quantitative estimate of drug-likeness (QED) is 0.708. The van der Waals surface area contributed by atoms with Crippen molar-refractivity contribution in [3.8, 4) is 22.5 Å². The lowest BCUT2D eigenvalue weighted by molar-refractivity contribution is 0.400. The van der Waals surface area contributed by atoms with Crippen LogP contribution >= 0.6 is 0 Å². The highest BCUT2D eigenvalue weighted by molar-refractivity contribution is 7.90. The molecule has 2 aromatic heterocycles. The number of hydrogen-bond donors (Lipinski definition) is 0. The molecule has 25 heavy (non-hydrogen) atoms. The van der Waals surface area contributed by atoms with Gasteiger partial charge in [-0.2, -0.15) is 0 Å². The second-order valence-corrected chi connectivity index (χ2v) is 7.65. The SMILES string of the molecule is Cc1cccc(-c2noc(C)c2-c2cc(F)c(S(C)(=O)=O)cc2F)n1. The van der Waals surface area contributed by atoms with Gasteiger partial charge in [0, 0.05) is 17.5 Å². The van der Waals surface area contributed by atoms with Crippen LogP contribution in [0.15, 0.2) is 39.8 Å². The topological polar surface area (TPSA) is 73.1 Å².